The van der Waals surface area contributed by atoms with Crippen LogP contribution in [0.2, 0.25) is 0 Å². The normalized spacial score (nSPS) is 14.5. The van der Waals surface area contributed by atoms with E-state index in [2.05, 4.69) is 40.5 Å². The zero-order valence-corrected chi connectivity index (χ0v) is 18.7. The van der Waals surface area contributed by atoms with Crippen molar-refractivity contribution in [3.8, 4) is 6.07 Å². The standard InChI is InChI=1S/C24H25F3N6/c1-13(2)10-29-23-18(24(12-28)7-8-24)9-17-21(31-14(3)32-22(17)33-23)30-11-15-5-4-6-16(19(15)25)20(26)27/h4-6,9,13,20H,7-8,10-11H2,1-3H3,(H2,29,30,31,32,33). The molecule has 172 valence electrons. The van der Waals surface area contributed by atoms with Crippen LogP contribution in [0.25, 0.3) is 11.0 Å². The third-order valence-electron chi connectivity index (χ3n) is 5.75. The van der Waals surface area contributed by atoms with Crippen LogP contribution >= 0.6 is 0 Å². The van der Waals surface area contributed by atoms with Crippen molar-refractivity contribution < 1.29 is 13.2 Å². The molecule has 1 aliphatic carbocycles. The maximum atomic E-state index is 14.5. The Balaban J connectivity index is 1.74. The molecule has 1 aliphatic rings. The van der Waals surface area contributed by atoms with Crippen LogP contribution in [-0.2, 0) is 12.0 Å². The van der Waals surface area contributed by atoms with Gasteiger partial charge in [0, 0.05) is 24.2 Å². The van der Waals surface area contributed by atoms with Gasteiger partial charge in [-0.05, 0) is 31.7 Å². The zero-order chi connectivity index (χ0) is 23.8. The van der Waals surface area contributed by atoms with Gasteiger partial charge >= 0.3 is 0 Å². The SMILES string of the molecule is Cc1nc(NCc2cccc(C(F)F)c2F)c2cc(C3(C#N)CC3)c(NCC(C)C)nc2n1. The fraction of sp³-hybridized carbons (Fsp3) is 0.417. The van der Waals surface area contributed by atoms with Gasteiger partial charge in [0.15, 0.2) is 5.65 Å². The smallest absolute Gasteiger partial charge is 0.266 e. The summed E-state index contributed by atoms with van der Waals surface area (Å²) in [7, 11) is 0. The number of pyridine rings is 1. The second-order valence-electron chi connectivity index (χ2n) is 8.82. The minimum Gasteiger partial charge on any atom is -0.369 e. The molecule has 0 amide bonds. The van der Waals surface area contributed by atoms with E-state index >= 15 is 0 Å². The van der Waals surface area contributed by atoms with Gasteiger partial charge < -0.3 is 10.6 Å². The van der Waals surface area contributed by atoms with Gasteiger partial charge in [0.2, 0.25) is 0 Å². The number of alkyl halides is 2. The highest BCUT2D eigenvalue weighted by molar-refractivity contribution is 5.89. The molecule has 2 N–H and O–H groups in total. The predicted molar refractivity (Wildman–Crippen MR) is 121 cm³/mol. The van der Waals surface area contributed by atoms with Crippen LogP contribution in [0, 0.1) is 30.0 Å². The maximum absolute atomic E-state index is 14.5. The number of rotatable bonds is 8. The van der Waals surface area contributed by atoms with Crippen molar-refractivity contribution in [2.24, 2.45) is 5.92 Å². The van der Waals surface area contributed by atoms with E-state index in [1.807, 2.05) is 6.07 Å². The highest BCUT2D eigenvalue weighted by Gasteiger charge is 2.47. The van der Waals surface area contributed by atoms with Crippen LogP contribution in [0.15, 0.2) is 24.3 Å². The average molecular weight is 455 g/mol. The molecule has 2 heterocycles. The van der Waals surface area contributed by atoms with Crippen LogP contribution < -0.4 is 10.6 Å². The topological polar surface area (TPSA) is 86.5 Å². The minimum atomic E-state index is -2.89. The van der Waals surface area contributed by atoms with Gasteiger partial charge in [-0.15, -0.1) is 0 Å². The number of halogens is 3. The van der Waals surface area contributed by atoms with Crippen LogP contribution in [0.4, 0.5) is 24.8 Å². The molecule has 9 heteroatoms. The predicted octanol–water partition coefficient (Wildman–Crippen LogP) is 5.65. The number of nitrogens with one attached hydrogen (secondary N) is 2. The summed E-state index contributed by atoms with van der Waals surface area (Å²) in [4.78, 5) is 13.6. The minimum absolute atomic E-state index is 0.0377. The molecule has 4 rings (SSSR count). The van der Waals surface area contributed by atoms with Gasteiger partial charge in [0.1, 0.15) is 23.3 Å². The number of aromatic nitrogens is 3. The van der Waals surface area contributed by atoms with Crippen molar-refractivity contribution in [3.05, 3.63) is 52.6 Å². The molecule has 0 unspecified atom stereocenters. The highest BCUT2D eigenvalue weighted by Crippen LogP contribution is 2.50. The molecule has 1 fully saturated rings. The molecule has 0 saturated heterocycles. The molecule has 0 atom stereocenters. The van der Waals surface area contributed by atoms with Gasteiger partial charge in [-0.3, -0.25) is 0 Å². The number of nitrogens with zero attached hydrogens (tertiary/aromatic N) is 4. The summed E-state index contributed by atoms with van der Waals surface area (Å²) in [6, 6.07) is 8.22. The quantitative estimate of drug-likeness (QED) is 0.458. The highest BCUT2D eigenvalue weighted by atomic mass is 19.3. The molecule has 1 saturated carbocycles. The van der Waals surface area contributed by atoms with E-state index in [0.29, 0.717) is 41.0 Å². The Morgan fingerprint density at radius 2 is 1.88 bits per heavy atom. The summed E-state index contributed by atoms with van der Waals surface area (Å²) < 4.78 is 40.6. The number of fused-ring (bicyclic) bond motifs is 1. The molecule has 0 spiro atoms. The van der Waals surface area contributed by atoms with Gasteiger partial charge in [0.25, 0.3) is 6.43 Å². The van der Waals surface area contributed by atoms with E-state index in [1.165, 1.54) is 12.1 Å². The molecule has 33 heavy (non-hydrogen) atoms. The molecular weight excluding hydrogens is 429 g/mol. The van der Waals surface area contributed by atoms with Crippen molar-refractivity contribution in [1.29, 1.82) is 5.26 Å². The van der Waals surface area contributed by atoms with Crippen molar-refractivity contribution in [2.45, 2.75) is 52.0 Å². The fourth-order valence-corrected chi connectivity index (χ4v) is 3.75. The van der Waals surface area contributed by atoms with Crippen LogP contribution in [0.5, 0.6) is 0 Å². The number of anilines is 2. The second-order valence-corrected chi connectivity index (χ2v) is 8.82. The van der Waals surface area contributed by atoms with Crippen LogP contribution in [0.3, 0.4) is 0 Å². The number of hydrogen-bond acceptors (Lipinski definition) is 6. The van der Waals surface area contributed by atoms with Gasteiger partial charge in [-0.25, -0.2) is 28.1 Å². The Kier molecular flexibility index (Phi) is 6.11. The first kappa shape index (κ1) is 22.8. The first-order valence-corrected chi connectivity index (χ1v) is 10.9. The van der Waals surface area contributed by atoms with E-state index in [-0.39, 0.29) is 12.1 Å². The second kappa shape index (κ2) is 8.85. The number of benzene rings is 1. The lowest BCUT2D eigenvalue weighted by Crippen LogP contribution is -2.16. The largest absolute Gasteiger partial charge is 0.369 e. The molecule has 6 nitrogen and oxygen atoms in total. The van der Waals surface area contributed by atoms with Crippen LogP contribution in [-0.4, -0.2) is 21.5 Å². The summed E-state index contributed by atoms with van der Waals surface area (Å²) in [5.41, 5.74) is 0.110. The Morgan fingerprint density at radius 1 is 1.12 bits per heavy atom. The summed E-state index contributed by atoms with van der Waals surface area (Å²) in [5.74, 6) is 0.960. The van der Waals surface area contributed by atoms with E-state index in [4.69, 9.17) is 4.98 Å². The maximum Gasteiger partial charge on any atom is 0.266 e. The summed E-state index contributed by atoms with van der Waals surface area (Å²) in [6.07, 6.45) is -1.40. The number of hydrogen-bond donors (Lipinski definition) is 2. The van der Waals surface area contributed by atoms with E-state index in [9.17, 15) is 18.4 Å². The van der Waals surface area contributed by atoms with Crippen LogP contribution in [0.1, 0.15) is 55.6 Å². The van der Waals surface area contributed by atoms with E-state index in [0.717, 1.165) is 24.5 Å². The first-order chi connectivity index (χ1) is 15.7. The lowest BCUT2D eigenvalue weighted by atomic mass is 9.97. The molecule has 0 aliphatic heterocycles. The third kappa shape index (κ3) is 4.56. The fourth-order valence-electron chi connectivity index (χ4n) is 3.75. The monoisotopic (exact) mass is 454 g/mol. The molecule has 0 bridgehead atoms. The Hall–Kier alpha value is -3.41. The Morgan fingerprint density at radius 3 is 2.52 bits per heavy atom. The molecule has 0 radical (unpaired) electrons. The van der Waals surface area contributed by atoms with Gasteiger partial charge in [0.05, 0.1) is 22.4 Å². The van der Waals surface area contributed by atoms with Gasteiger partial charge in [-0.2, -0.15) is 5.26 Å². The first-order valence-electron chi connectivity index (χ1n) is 10.9. The van der Waals surface area contributed by atoms with Gasteiger partial charge in [-0.1, -0.05) is 32.0 Å². The lowest BCUT2D eigenvalue weighted by molar-refractivity contribution is 0.146. The van der Waals surface area contributed by atoms with Crippen molar-refractivity contribution in [2.75, 3.05) is 17.2 Å². The summed E-state index contributed by atoms with van der Waals surface area (Å²) in [6.45, 7) is 6.55. The zero-order valence-electron chi connectivity index (χ0n) is 18.7. The summed E-state index contributed by atoms with van der Waals surface area (Å²) >= 11 is 0. The average Bonchev–Trinajstić information content (AvgIpc) is 3.57. The van der Waals surface area contributed by atoms with Crippen molar-refractivity contribution >= 4 is 22.7 Å². The molecule has 1 aromatic carbocycles. The van der Waals surface area contributed by atoms with E-state index < -0.39 is 23.2 Å². The van der Waals surface area contributed by atoms with Crippen molar-refractivity contribution in [1.82, 2.24) is 15.0 Å². The molecule has 2 aromatic heterocycles. The number of aryl methyl sites for hydroxylation is 1. The Bertz CT molecular complexity index is 1230. The Labute approximate surface area is 190 Å². The third-order valence-corrected chi connectivity index (χ3v) is 5.75. The van der Waals surface area contributed by atoms with Crippen molar-refractivity contribution in [3.63, 3.8) is 0 Å². The van der Waals surface area contributed by atoms with E-state index in [1.54, 1.807) is 6.92 Å². The summed E-state index contributed by atoms with van der Waals surface area (Å²) in [5, 5.41) is 16.8. The molecular formula is C24H25F3N6. The lowest BCUT2D eigenvalue weighted by Gasteiger charge is -2.18. The molecule has 3 aromatic rings. The number of nitriles is 1.